The number of nitrogens with one attached hydrogen (secondary N) is 6. The Balaban J connectivity index is 3.43. The maximum atomic E-state index is 13.6. The molecule has 0 aromatic heterocycles. The number of imide groups is 2. The highest BCUT2D eigenvalue weighted by molar-refractivity contribution is 6.06. The van der Waals surface area contributed by atoms with E-state index in [-0.39, 0.29) is 44.7 Å². The Morgan fingerprint density at radius 3 is 2.00 bits per heavy atom. The van der Waals surface area contributed by atoms with Crippen LogP contribution in [0.25, 0.3) is 0 Å². The molecule has 1 aliphatic rings. The Morgan fingerprint density at radius 1 is 0.957 bits per heavy atom. The summed E-state index contributed by atoms with van der Waals surface area (Å²) in [6.45, 7) is 2.82. The monoisotopic (exact) mass is 655 g/mol. The molecule has 3 atom stereocenters. The van der Waals surface area contributed by atoms with Crippen LogP contribution in [0, 0.1) is 16.7 Å². The lowest BCUT2D eigenvalue weighted by atomic mass is 10.1. The molecule has 7 amide bonds. The van der Waals surface area contributed by atoms with Crippen LogP contribution in [0.3, 0.4) is 0 Å². The van der Waals surface area contributed by atoms with Crippen LogP contribution in [0.5, 0.6) is 0 Å². The van der Waals surface area contributed by atoms with E-state index in [4.69, 9.17) is 22.3 Å². The van der Waals surface area contributed by atoms with Crippen molar-refractivity contribution in [2.24, 2.45) is 17.4 Å². The van der Waals surface area contributed by atoms with Gasteiger partial charge in [0.2, 0.25) is 17.7 Å². The second-order valence-corrected chi connectivity index (χ2v) is 10.5. The first kappa shape index (κ1) is 38.5. The second kappa shape index (κ2) is 17.7. The number of carboxylic acid groups (broad SMARTS) is 2. The second-order valence-electron chi connectivity index (χ2n) is 10.5. The third kappa shape index (κ3) is 11.5. The largest absolute Gasteiger partial charge is 0.481 e. The van der Waals surface area contributed by atoms with E-state index in [0.717, 1.165) is 6.92 Å². The summed E-state index contributed by atoms with van der Waals surface area (Å²) in [6.07, 6.45) is -1.11. The quantitative estimate of drug-likeness (QED) is 0.0298. The molecule has 0 saturated carbocycles. The minimum Gasteiger partial charge on any atom is -0.481 e. The van der Waals surface area contributed by atoms with Gasteiger partial charge in [-0.2, -0.15) is 5.01 Å². The maximum Gasteiger partial charge on any atom is 0.344 e. The molecule has 256 valence electrons. The predicted molar refractivity (Wildman–Crippen MR) is 157 cm³/mol. The minimum absolute atomic E-state index is 0.00986. The van der Waals surface area contributed by atoms with Gasteiger partial charge in [0.25, 0.3) is 11.8 Å². The highest BCUT2D eigenvalue weighted by atomic mass is 16.4. The Labute approximate surface area is 263 Å². The molecule has 12 N–H and O–H groups in total. The molecule has 1 fully saturated rings. The zero-order chi connectivity index (χ0) is 35.3. The van der Waals surface area contributed by atoms with Crippen LogP contribution in [-0.4, -0.2) is 122 Å². The Hall–Kier alpha value is -5.50. The van der Waals surface area contributed by atoms with Crippen LogP contribution >= 0.6 is 0 Å². The van der Waals surface area contributed by atoms with Crippen LogP contribution in [-0.2, 0) is 33.6 Å². The molecule has 1 saturated heterocycles. The van der Waals surface area contributed by atoms with Crippen molar-refractivity contribution >= 4 is 59.4 Å². The lowest BCUT2D eigenvalue weighted by Crippen LogP contribution is -2.62. The van der Waals surface area contributed by atoms with E-state index in [1.807, 2.05) is 0 Å². The van der Waals surface area contributed by atoms with Crippen molar-refractivity contribution in [1.82, 2.24) is 36.2 Å². The predicted octanol–water partition coefficient (Wildman–Crippen LogP) is -3.38. The van der Waals surface area contributed by atoms with Crippen LogP contribution in [0.1, 0.15) is 52.9 Å². The summed E-state index contributed by atoms with van der Waals surface area (Å²) < 4.78 is 0. The lowest BCUT2D eigenvalue weighted by molar-refractivity contribution is -0.165. The van der Waals surface area contributed by atoms with E-state index in [0.29, 0.717) is 14.9 Å². The first-order chi connectivity index (χ1) is 21.4. The molecule has 0 aliphatic carbocycles. The first-order valence-corrected chi connectivity index (χ1v) is 14.1. The Morgan fingerprint density at radius 2 is 1.52 bits per heavy atom. The molecule has 1 rings (SSSR count). The number of carbonyl (C=O) groups excluding carboxylic acids is 6. The van der Waals surface area contributed by atoms with Gasteiger partial charge in [0, 0.05) is 25.9 Å². The number of aliphatic carboxylic acids is 2. The third-order valence-electron chi connectivity index (χ3n) is 6.40. The molecular formula is C25H41N11O10. The van der Waals surface area contributed by atoms with Gasteiger partial charge >= 0.3 is 18.0 Å². The molecule has 0 aromatic carbocycles. The zero-order valence-electron chi connectivity index (χ0n) is 25.6. The molecule has 0 radical (unpaired) electrons. The normalized spacial score (nSPS) is 15.3. The fraction of sp³-hybridized carbons (Fsp3) is 0.600. The Kier molecular flexibility index (Phi) is 14.8. The van der Waals surface area contributed by atoms with Crippen molar-refractivity contribution in [3.05, 3.63) is 0 Å². The van der Waals surface area contributed by atoms with E-state index < -0.39 is 90.5 Å². The molecular weight excluding hydrogens is 614 g/mol. The minimum atomic E-state index is -2.07. The van der Waals surface area contributed by atoms with Crippen molar-refractivity contribution in [2.75, 3.05) is 19.6 Å². The van der Waals surface area contributed by atoms with Crippen molar-refractivity contribution in [3.8, 4) is 0 Å². The van der Waals surface area contributed by atoms with Gasteiger partial charge < -0.3 is 42.9 Å². The standard InChI is InChI=1S/C25H41N11O10/c1-12(2)20(43)34(11-18(40)41)21(44)14(6-4-8-30-23(26)27)32-19(42)16(10-17(38)39)35(13(3)37)36-22(45)15(33-25(36)46)7-5-9-31-24(28)29/h12,14-16H,4-11H2,1-3H3,(H,32,42)(H,33,46)(H,38,39)(H,40,41)(H4,26,27,30)(H4,28,29,31)/t14-,15-,16-/m0/s1. The van der Waals surface area contributed by atoms with Crippen LogP contribution in [0.4, 0.5) is 4.79 Å². The molecule has 0 unspecified atom stereocenters. The average Bonchev–Trinajstić information content (AvgIpc) is 3.21. The number of hydrogen-bond acceptors (Lipinski definition) is 10. The first-order valence-electron chi connectivity index (χ1n) is 14.1. The SMILES string of the molecule is CC(=O)N([C@@H](CC(=O)O)C(=O)N[C@@H](CCCNC(=N)N)C(=O)N(CC(=O)O)C(=O)C(C)C)N1C(=O)N[C@@H](CCCNC(=N)N)C1=O. The van der Waals surface area contributed by atoms with Gasteiger partial charge in [0.05, 0.1) is 6.42 Å². The molecule has 1 aliphatic heterocycles. The molecule has 21 nitrogen and oxygen atoms in total. The average molecular weight is 656 g/mol. The van der Waals surface area contributed by atoms with E-state index in [1.54, 1.807) is 0 Å². The van der Waals surface area contributed by atoms with Gasteiger partial charge in [-0.05, 0) is 25.7 Å². The van der Waals surface area contributed by atoms with E-state index in [9.17, 15) is 48.6 Å². The molecule has 21 heteroatoms. The molecule has 0 spiro atoms. The highest BCUT2D eigenvalue weighted by Gasteiger charge is 2.47. The van der Waals surface area contributed by atoms with Crippen molar-refractivity contribution in [3.63, 3.8) is 0 Å². The topological polar surface area (TPSA) is 335 Å². The third-order valence-corrected chi connectivity index (χ3v) is 6.40. The van der Waals surface area contributed by atoms with Crippen molar-refractivity contribution in [1.29, 1.82) is 10.8 Å². The van der Waals surface area contributed by atoms with Gasteiger partial charge in [0.15, 0.2) is 11.9 Å². The van der Waals surface area contributed by atoms with Crippen LogP contribution in [0.2, 0.25) is 0 Å². The van der Waals surface area contributed by atoms with Crippen LogP contribution in [0.15, 0.2) is 0 Å². The maximum absolute atomic E-state index is 13.6. The Bertz CT molecular complexity index is 1240. The number of rotatable bonds is 18. The summed E-state index contributed by atoms with van der Waals surface area (Å²) in [6, 6.07) is -6.03. The molecule has 0 aromatic rings. The molecule has 46 heavy (non-hydrogen) atoms. The summed E-state index contributed by atoms with van der Waals surface area (Å²) in [4.78, 5) is 102. The fourth-order valence-electron chi connectivity index (χ4n) is 4.36. The van der Waals surface area contributed by atoms with E-state index in [1.165, 1.54) is 13.8 Å². The van der Waals surface area contributed by atoms with Gasteiger partial charge in [-0.3, -0.25) is 49.3 Å². The summed E-state index contributed by atoms with van der Waals surface area (Å²) >= 11 is 0. The molecule has 1 heterocycles. The number of carboxylic acids is 2. The van der Waals surface area contributed by atoms with Gasteiger partial charge in [-0.1, -0.05) is 13.8 Å². The smallest absolute Gasteiger partial charge is 0.344 e. The number of urea groups is 1. The number of nitrogens with zero attached hydrogens (tertiary/aromatic N) is 3. The lowest BCUT2D eigenvalue weighted by Gasteiger charge is -2.35. The van der Waals surface area contributed by atoms with Crippen molar-refractivity contribution in [2.45, 2.75) is 71.0 Å². The summed E-state index contributed by atoms with van der Waals surface area (Å²) in [5.41, 5.74) is 10.5. The summed E-state index contributed by atoms with van der Waals surface area (Å²) in [5.74, 6) is -10.1. The van der Waals surface area contributed by atoms with Gasteiger partial charge in [-0.15, -0.1) is 0 Å². The highest BCUT2D eigenvalue weighted by Crippen LogP contribution is 2.19. The summed E-state index contributed by atoms with van der Waals surface area (Å²) in [5, 5.41) is 43.6. The van der Waals surface area contributed by atoms with Gasteiger partial charge in [-0.25, -0.2) is 9.80 Å². The van der Waals surface area contributed by atoms with Gasteiger partial charge in [0.1, 0.15) is 24.7 Å². The number of amides is 7. The zero-order valence-corrected chi connectivity index (χ0v) is 25.6. The van der Waals surface area contributed by atoms with E-state index >= 15 is 0 Å². The number of nitrogens with two attached hydrogens (primary N) is 2. The number of hydrazine groups is 1. The van der Waals surface area contributed by atoms with Crippen molar-refractivity contribution < 1.29 is 48.6 Å². The number of carbonyl (C=O) groups is 8. The number of hydrogen-bond donors (Lipinski definition) is 10. The summed E-state index contributed by atoms with van der Waals surface area (Å²) in [7, 11) is 0. The fourth-order valence-corrected chi connectivity index (χ4v) is 4.36. The van der Waals surface area contributed by atoms with Crippen LogP contribution < -0.4 is 32.7 Å². The molecule has 0 bridgehead atoms. The number of guanidine groups is 2. The van der Waals surface area contributed by atoms with E-state index in [2.05, 4.69) is 21.3 Å².